The molecule has 0 saturated carbocycles. The van der Waals surface area contributed by atoms with Crippen LogP contribution in [0.5, 0.6) is 0 Å². The molecule has 1 aliphatic rings. The summed E-state index contributed by atoms with van der Waals surface area (Å²) in [6, 6.07) is 6.66. The Balaban J connectivity index is 2.09. The Kier molecular flexibility index (Phi) is 6.53. The third-order valence-corrected chi connectivity index (χ3v) is 4.42. The number of amides is 1. The van der Waals surface area contributed by atoms with Crippen LogP contribution < -0.4 is 10.6 Å². The maximum atomic E-state index is 13.2. The zero-order chi connectivity index (χ0) is 17.6. The van der Waals surface area contributed by atoms with Crippen molar-refractivity contribution < 1.29 is 18.0 Å². The molecule has 0 saturated heterocycles. The van der Waals surface area contributed by atoms with Crippen LogP contribution in [0.15, 0.2) is 35.3 Å². The summed E-state index contributed by atoms with van der Waals surface area (Å²) >= 11 is 1.00. The normalized spacial score (nSPS) is 20.9. The lowest BCUT2D eigenvalue weighted by Crippen LogP contribution is -2.48. The predicted octanol–water partition coefficient (Wildman–Crippen LogP) is 3.27. The summed E-state index contributed by atoms with van der Waals surface area (Å²) in [6.07, 6.45) is -3.71. The second-order valence-electron chi connectivity index (χ2n) is 5.47. The van der Waals surface area contributed by atoms with Gasteiger partial charge in [-0.25, -0.2) is 0 Å². The number of hydrogen-bond acceptors (Lipinski definition) is 4. The number of carbonyl (C=O) groups is 1. The van der Waals surface area contributed by atoms with E-state index in [1.54, 1.807) is 24.3 Å². The van der Waals surface area contributed by atoms with Crippen molar-refractivity contribution in [2.45, 2.75) is 38.0 Å². The third kappa shape index (κ3) is 5.43. The van der Waals surface area contributed by atoms with Crippen molar-refractivity contribution in [1.29, 1.82) is 0 Å². The molecular weight excluding hydrogens is 339 g/mol. The maximum Gasteiger partial charge on any atom is 0.408 e. The number of alkyl halides is 3. The van der Waals surface area contributed by atoms with E-state index in [1.807, 2.05) is 13.0 Å². The zero-order valence-corrected chi connectivity index (χ0v) is 14.1. The number of hydrogen-bond donors (Lipinski definition) is 2. The molecular formula is C16H20F3N3OS. The Morgan fingerprint density at radius 3 is 2.71 bits per heavy atom. The summed E-state index contributed by atoms with van der Waals surface area (Å²) in [5.74, 6) is -0.172. The Morgan fingerprint density at radius 1 is 1.38 bits per heavy atom. The Hall–Kier alpha value is -1.70. The number of aliphatic imine (C=N–C) groups is 1. The molecule has 8 heteroatoms. The van der Waals surface area contributed by atoms with Crippen molar-refractivity contribution in [3.8, 4) is 0 Å². The van der Waals surface area contributed by atoms with E-state index in [1.165, 1.54) is 0 Å². The van der Waals surface area contributed by atoms with E-state index in [9.17, 15) is 18.0 Å². The minimum Gasteiger partial charge on any atom is -0.355 e. The zero-order valence-electron chi connectivity index (χ0n) is 13.3. The second-order valence-corrected chi connectivity index (χ2v) is 6.44. The molecule has 2 atom stereocenters. The van der Waals surface area contributed by atoms with Crippen molar-refractivity contribution in [3.05, 3.63) is 35.9 Å². The van der Waals surface area contributed by atoms with Crippen molar-refractivity contribution in [2.24, 2.45) is 4.99 Å². The number of rotatable bonds is 5. The summed E-state index contributed by atoms with van der Waals surface area (Å²) in [4.78, 5) is 16.0. The maximum absolute atomic E-state index is 13.2. The van der Waals surface area contributed by atoms with E-state index < -0.39 is 18.3 Å². The van der Waals surface area contributed by atoms with Gasteiger partial charge in [0.2, 0.25) is 5.91 Å². The first kappa shape index (κ1) is 18.6. The Bertz CT molecular complexity index is 578. The standard InChI is InChI=1S/C16H20F3N3OS/c1-2-8-20-14(23)10-24-15-21-12(11-6-4-3-5-7-11)9-13(22-15)16(17,18)19/h3-7,12-13H,2,8-10H2,1H3,(H,20,23)(H,21,22)/t12-,13-/m1/s1. The van der Waals surface area contributed by atoms with Crippen LogP contribution in [0.3, 0.4) is 0 Å². The van der Waals surface area contributed by atoms with Gasteiger partial charge in [-0.05, 0) is 12.0 Å². The first-order valence-corrected chi connectivity index (χ1v) is 8.74. The minimum absolute atomic E-state index is 0.0396. The quantitative estimate of drug-likeness (QED) is 0.848. The van der Waals surface area contributed by atoms with E-state index in [-0.39, 0.29) is 23.2 Å². The van der Waals surface area contributed by atoms with Gasteiger partial charge in [0.25, 0.3) is 0 Å². The molecule has 2 N–H and O–H groups in total. The predicted molar refractivity (Wildman–Crippen MR) is 90.0 cm³/mol. The fourth-order valence-electron chi connectivity index (χ4n) is 2.29. The molecule has 0 aliphatic carbocycles. The van der Waals surface area contributed by atoms with E-state index in [0.717, 1.165) is 23.7 Å². The van der Waals surface area contributed by atoms with Gasteiger partial charge in [-0.3, -0.25) is 9.79 Å². The number of halogens is 3. The molecule has 1 heterocycles. The highest BCUT2D eigenvalue weighted by atomic mass is 32.2. The van der Waals surface area contributed by atoms with Crippen LogP contribution in [0.2, 0.25) is 0 Å². The van der Waals surface area contributed by atoms with Gasteiger partial charge in [0.05, 0.1) is 11.8 Å². The Labute approximate surface area is 143 Å². The summed E-state index contributed by atoms with van der Waals surface area (Å²) in [6.45, 7) is 2.48. The minimum atomic E-state index is -4.36. The summed E-state index contributed by atoms with van der Waals surface area (Å²) in [5.41, 5.74) is 0.738. The van der Waals surface area contributed by atoms with Gasteiger partial charge in [-0.2, -0.15) is 13.2 Å². The smallest absolute Gasteiger partial charge is 0.355 e. The lowest BCUT2D eigenvalue weighted by atomic mass is 9.98. The van der Waals surface area contributed by atoms with Crippen LogP contribution in [0.4, 0.5) is 13.2 Å². The Morgan fingerprint density at radius 2 is 2.08 bits per heavy atom. The van der Waals surface area contributed by atoms with Crippen LogP contribution in [0.25, 0.3) is 0 Å². The molecule has 1 amide bonds. The number of nitrogens with one attached hydrogen (secondary N) is 2. The molecule has 0 spiro atoms. The number of nitrogens with zero attached hydrogens (tertiary/aromatic N) is 1. The van der Waals surface area contributed by atoms with Gasteiger partial charge < -0.3 is 10.6 Å². The molecule has 0 radical (unpaired) electrons. The first-order chi connectivity index (χ1) is 11.4. The molecule has 0 fully saturated rings. The van der Waals surface area contributed by atoms with E-state index in [2.05, 4.69) is 15.6 Å². The lowest BCUT2D eigenvalue weighted by molar-refractivity contribution is -0.155. The molecule has 0 bridgehead atoms. The molecule has 0 unspecified atom stereocenters. The molecule has 1 aromatic carbocycles. The molecule has 2 rings (SSSR count). The van der Waals surface area contributed by atoms with E-state index in [4.69, 9.17) is 0 Å². The topological polar surface area (TPSA) is 53.5 Å². The monoisotopic (exact) mass is 359 g/mol. The highest BCUT2D eigenvalue weighted by molar-refractivity contribution is 8.14. The fraction of sp³-hybridized carbons (Fsp3) is 0.500. The van der Waals surface area contributed by atoms with Crippen molar-refractivity contribution in [1.82, 2.24) is 10.6 Å². The lowest BCUT2D eigenvalue weighted by Gasteiger charge is -2.31. The fourth-order valence-corrected chi connectivity index (χ4v) is 3.09. The first-order valence-electron chi connectivity index (χ1n) is 7.75. The SMILES string of the molecule is CCCNC(=O)CSC1=N[C@@H](c2ccccc2)C[C@H](C(F)(F)F)N1. The van der Waals surface area contributed by atoms with E-state index >= 15 is 0 Å². The van der Waals surface area contributed by atoms with Crippen molar-refractivity contribution >= 4 is 22.8 Å². The van der Waals surface area contributed by atoms with Crippen LogP contribution in [0.1, 0.15) is 31.4 Å². The molecule has 132 valence electrons. The van der Waals surface area contributed by atoms with Crippen molar-refractivity contribution in [2.75, 3.05) is 12.3 Å². The van der Waals surface area contributed by atoms with Gasteiger partial charge in [0.15, 0.2) is 5.17 Å². The van der Waals surface area contributed by atoms with Gasteiger partial charge in [0.1, 0.15) is 6.04 Å². The second kappa shape index (κ2) is 8.41. The van der Waals surface area contributed by atoms with Crippen LogP contribution >= 0.6 is 11.8 Å². The summed E-state index contributed by atoms with van der Waals surface area (Å²) in [7, 11) is 0. The number of benzene rings is 1. The van der Waals surface area contributed by atoms with Crippen LogP contribution in [0, 0.1) is 0 Å². The number of amidine groups is 1. The molecule has 0 aromatic heterocycles. The summed E-state index contributed by atoms with van der Waals surface area (Å²) < 4.78 is 39.5. The van der Waals surface area contributed by atoms with Crippen molar-refractivity contribution in [3.63, 3.8) is 0 Å². The van der Waals surface area contributed by atoms with Gasteiger partial charge >= 0.3 is 6.18 Å². The van der Waals surface area contributed by atoms with Crippen LogP contribution in [-0.4, -0.2) is 35.6 Å². The average molecular weight is 359 g/mol. The molecule has 4 nitrogen and oxygen atoms in total. The third-order valence-electron chi connectivity index (χ3n) is 3.52. The van der Waals surface area contributed by atoms with Gasteiger partial charge in [-0.1, -0.05) is 49.0 Å². The van der Waals surface area contributed by atoms with Crippen LogP contribution in [-0.2, 0) is 4.79 Å². The molecule has 1 aliphatic heterocycles. The van der Waals surface area contributed by atoms with Gasteiger partial charge in [-0.15, -0.1) is 0 Å². The highest BCUT2D eigenvalue weighted by Crippen LogP contribution is 2.34. The molecule has 24 heavy (non-hydrogen) atoms. The summed E-state index contributed by atoms with van der Waals surface area (Å²) in [5, 5.41) is 5.26. The average Bonchev–Trinajstić information content (AvgIpc) is 2.58. The number of carbonyl (C=O) groups excluding carboxylic acids is 1. The number of thioether (sulfide) groups is 1. The largest absolute Gasteiger partial charge is 0.408 e. The van der Waals surface area contributed by atoms with Gasteiger partial charge in [0, 0.05) is 13.0 Å². The molecule has 1 aromatic rings. The van der Waals surface area contributed by atoms with E-state index in [0.29, 0.717) is 6.54 Å². The highest BCUT2D eigenvalue weighted by Gasteiger charge is 2.43.